The van der Waals surface area contributed by atoms with Crippen LogP contribution in [0.4, 0.5) is 4.39 Å². The molecule has 3 saturated carbocycles. The Morgan fingerprint density at radius 1 is 1.19 bits per heavy atom. The molecular formula is C18H20FNO6S. The standard InChI is InChI=1S/C18H20FNO6S/c1-18(4-5-18)27(24,25)20-16(21)13-3-2-12(17(22)23)14(19)15(13)26-11-7-9-6-10(9)8-11/h2-3,9-11H,4-8H2,1H3,(H,20,21)(H,22,23). The Hall–Kier alpha value is -2.16. The van der Waals surface area contributed by atoms with E-state index in [-0.39, 0.29) is 11.7 Å². The Labute approximate surface area is 156 Å². The molecule has 0 spiro atoms. The van der Waals surface area contributed by atoms with Crippen molar-refractivity contribution in [1.82, 2.24) is 4.72 Å². The first-order chi connectivity index (χ1) is 12.6. The molecule has 7 nitrogen and oxygen atoms in total. The molecule has 0 heterocycles. The Balaban J connectivity index is 1.65. The van der Waals surface area contributed by atoms with E-state index < -0.39 is 43.8 Å². The van der Waals surface area contributed by atoms with Gasteiger partial charge in [-0.2, -0.15) is 0 Å². The number of ether oxygens (including phenoxy) is 1. The van der Waals surface area contributed by atoms with Gasteiger partial charge in [-0.25, -0.2) is 22.3 Å². The predicted molar refractivity (Wildman–Crippen MR) is 92.6 cm³/mol. The molecule has 0 radical (unpaired) electrons. The number of amides is 1. The van der Waals surface area contributed by atoms with Crippen LogP contribution in [0.5, 0.6) is 5.75 Å². The third-order valence-electron chi connectivity index (χ3n) is 5.89. The number of halogens is 1. The van der Waals surface area contributed by atoms with Crippen molar-refractivity contribution in [2.75, 3.05) is 0 Å². The average Bonchev–Trinajstić information content (AvgIpc) is 3.47. The molecule has 0 aliphatic heterocycles. The topological polar surface area (TPSA) is 110 Å². The first kappa shape index (κ1) is 18.2. The van der Waals surface area contributed by atoms with Crippen molar-refractivity contribution in [3.8, 4) is 5.75 Å². The molecule has 146 valence electrons. The lowest BCUT2D eigenvalue weighted by Crippen LogP contribution is -2.38. The van der Waals surface area contributed by atoms with Gasteiger partial charge in [0.2, 0.25) is 10.0 Å². The van der Waals surface area contributed by atoms with Gasteiger partial charge in [-0.15, -0.1) is 0 Å². The first-order valence-electron chi connectivity index (χ1n) is 8.90. The molecule has 1 aromatic carbocycles. The summed E-state index contributed by atoms with van der Waals surface area (Å²) in [6.07, 6.45) is 3.13. The fourth-order valence-corrected chi connectivity index (χ4v) is 4.92. The summed E-state index contributed by atoms with van der Waals surface area (Å²) in [4.78, 5) is 23.8. The van der Waals surface area contributed by atoms with E-state index in [0.29, 0.717) is 24.7 Å². The molecule has 3 aliphatic rings. The van der Waals surface area contributed by atoms with Crippen molar-refractivity contribution in [3.63, 3.8) is 0 Å². The molecule has 1 amide bonds. The Bertz CT molecular complexity index is 929. The summed E-state index contributed by atoms with van der Waals surface area (Å²) in [6.45, 7) is 1.53. The number of hydrogen-bond acceptors (Lipinski definition) is 5. The van der Waals surface area contributed by atoms with Crippen LogP contribution in [0.1, 0.15) is 59.7 Å². The lowest BCUT2D eigenvalue weighted by atomic mass is 10.1. The van der Waals surface area contributed by atoms with Gasteiger partial charge in [-0.05, 0) is 63.0 Å². The lowest BCUT2D eigenvalue weighted by molar-refractivity contribution is 0.0688. The van der Waals surface area contributed by atoms with E-state index in [4.69, 9.17) is 9.84 Å². The summed E-state index contributed by atoms with van der Waals surface area (Å²) in [5.41, 5.74) is -0.937. The summed E-state index contributed by atoms with van der Waals surface area (Å²) < 4.78 is 46.0. The van der Waals surface area contributed by atoms with E-state index in [1.165, 1.54) is 6.92 Å². The fraction of sp³-hybridized carbons (Fsp3) is 0.556. The van der Waals surface area contributed by atoms with Gasteiger partial charge in [-0.3, -0.25) is 4.79 Å². The molecule has 3 aliphatic carbocycles. The van der Waals surface area contributed by atoms with Crippen molar-refractivity contribution >= 4 is 21.9 Å². The van der Waals surface area contributed by atoms with Crippen LogP contribution in [0.15, 0.2) is 12.1 Å². The van der Waals surface area contributed by atoms with Crippen molar-refractivity contribution in [2.45, 2.75) is 49.9 Å². The summed E-state index contributed by atoms with van der Waals surface area (Å²) >= 11 is 0. The highest BCUT2D eigenvalue weighted by Crippen LogP contribution is 2.53. The SMILES string of the molecule is CC1(S(=O)(=O)NC(=O)c2ccc(C(=O)O)c(F)c2OC2CC3CC3C2)CC1. The Morgan fingerprint density at radius 2 is 1.78 bits per heavy atom. The highest BCUT2D eigenvalue weighted by Gasteiger charge is 2.51. The van der Waals surface area contributed by atoms with Crippen molar-refractivity contribution in [2.24, 2.45) is 11.8 Å². The number of rotatable bonds is 6. The number of fused-ring (bicyclic) bond motifs is 1. The van der Waals surface area contributed by atoms with Crippen LogP contribution in [-0.4, -0.2) is 36.3 Å². The van der Waals surface area contributed by atoms with Crippen molar-refractivity contribution < 1.29 is 32.2 Å². The van der Waals surface area contributed by atoms with Gasteiger partial charge >= 0.3 is 5.97 Å². The maximum atomic E-state index is 14.7. The molecule has 4 rings (SSSR count). The number of hydrogen-bond donors (Lipinski definition) is 2. The monoisotopic (exact) mass is 397 g/mol. The zero-order chi connectivity index (χ0) is 19.6. The Morgan fingerprint density at radius 3 is 2.33 bits per heavy atom. The quantitative estimate of drug-likeness (QED) is 0.762. The molecule has 1 aromatic rings. The second-order valence-corrected chi connectivity index (χ2v) is 10.2. The van der Waals surface area contributed by atoms with E-state index >= 15 is 0 Å². The van der Waals surface area contributed by atoms with Crippen LogP contribution in [0.25, 0.3) is 0 Å². The van der Waals surface area contributed by atoms with Gasteiger partial charge in [0.1, 0.15) is 0 Å². The molecule has 2 unspecified atom stereocenters. The van der Waals surface area contributed by atoms with E-state index in [9.17, 15) is 22.4 Å². The van der Waals surface area contributed by atoms with Crippen LogP contribution in [0.3, 0.4) is 0 Å². The molecule has 0 bridgehead atoms. The molecule has 3 fully saturated rings. The van der Waals surface area contributed by atoms with Crippen molar-refractivity contribution in [1.29, 1.82) is 0 Å². The largest absolute Gasteiger partial charge is 0.486 e. The molecular weight excluding hydrogens is 377 g/mol. The molecule has 2 N–H and O–H groups in total. The van der Waals surface area contributed by atoms with Gasteiger partial charge in [0.05, 0.1) is 22.0 Å². The van der Waals surface area contributed by atoms with Gasteiger partial charge in [0.25, 0.3) is 5.91 Å². The minimum Gasteiger partial charge on any atom is -0.486 e. The maximum Gasteiger partial charge on any atom is 0.338 e. The summed E-state index contributed by atoms with van der Waals surface area (Å²) in [5.74, 6) is -3.09. The number of sulfonamides is 1. The van der Waals surface area contributed by atoms with Crippen molar-refractivity contribution in [3.05, 3.63) is 29.1 Å². The van der Waals surface area contributed by atoms with Gasteiger partial charge in [-0.1, -0.05) is 0 Å². The summed E-state index contributed by atoms with van der Waals surface area (Å²) in [6, 6.07) is 2.04. The van der Waals surface area contributed by atoms with Crippen LogP contribution < -0.4 is 9.46 Å². The van der Waals surface area contributed by atoms with E-state index in [0.717, 1.165) is 31.4 Å². The van der Waals surface area contributed by atoms with E-state index in [1.54, 1.807) is 0 Å². The number of nitrogens with one attached hydrogen (secondary N) is 1. The van der Waals surface area contributed by atoms with Crippen LogP contribution in [-0.2, 0) is 10.0 Å². The smallest absolute Gasteiger partial charge is 0.338 e. The number of aromatic carboxylic acids is 1. The number of carboxylic acids is 1. The number of carboxylic acid groups (broad SMARTS) is 1. The van der Waals surface area contributed by atoms with E-state index in [1.807, 2.05) is 4.72 Å². The van der Waals surface area contributed by atoms with Crippen LogP contribution in [0, 0.1) is 17.7 Å². The average molecular weight is 397 g/mol. The highest BCUT2D eigenvalue weighted by molar-refractivity contribution is 7.91. The zero-order valence-corrected chi connectivity index (χ0v) is 15.5. The summed E-state index contributed by atoms with van der Waals surface area (Å²) in [7, 11) is -3.91. The molecule has 0 aromatic heterocycles. The third-order valence-corrected chi connectivity index (χ3v) is 8.05. The highest BCUT2D eigenvalue weighted by atomic mass is 32.2. The minimum atomic E-state index is -3.91. The minimum absolute atomic E-state index is 0.309. The second-order valence-electron chi connectivity index (χ2n) is 7.96. The molecule has 27 heavy (non-hydrogen) atoms. The number of benzene rings is 1. The van der Waals surface area contributed by atoms with Gasteiger partial charge in [0, 0.05) is 0 Å². The first-order valence-corrected chi connectivity index (χ1v) is 10.4. The van der Waals surface area contributed by atoms with E-state index in [2.05, 4.69) is 0 Å². The van der Waals surface area contributed by atoms with Crippen LogP contribution >= 0.6 is 0 Å². The Kier molecular flexibility index (Phi) is 3.99. The number of carbonyl (C=O) groups is 2. The zero-order valence-electron chi connectivity index (χ0n) is 14.7. The molecule has 0 saturated heterocycles. The van der Waals surface area contributed by atoms with Crippen LogP contribution in [0.2, 0.25) is 0 Å². The van der Waals surface area contributed by atoms with Gasteiger partial charge in [0.15, 0.2) is 11.6 Å². The third kappa shape index (κ3) is 3.18. The predicted octanol–water partition coefficient (Wildman–Crippen LogP) is 2.31. The molecule has 9 heteroatoms. The number of carbonyl (C=O) groups excluding carboxylic acids is 1. The maximum absolute atomic E-state index is 14.7. The lowest BCUT2D eigenvalue weighted by Gasteiger charge is -2.20. The fourth-order valence-electron chi connectivity index (χ4n) is 3.68. The normalized spacial score (nSPS) is 27.6. The van der Waals surface area contributed by atoms with Gasteiger partial charge < -0.3 is 9.84 Å². The second kappa shape index (κ2) is 5.92. The summed E-state index contributed by atoms with van der Waals surface area (Å²) in [5, 5.41) is 9.14. The molecule has 2 atom stereocenters.